The third kappa shape index (κ3) is 3.37. The second kappa shape index (κ2) is 6.91. The van der Waals surface area contributed by atoms with Gasteiger partial charge in [0.1, 0.15) is 5.82 Å². The van der Waals surface area contributed by atoms with Crippen molar-refractivity contribution in [3.63, 3.8) is 0 Å². The monoisotopic (exact) mass is 389 g/mol. The maximum absolute atomic E-state index is 14.1. The fourth-order valence-electron chi connectivity index (χ4n) is 2.94. The molecule has 0 aliphatic heterocycles. The van der Waals surface area contributed by atoms with E-state index in [1.165, 1.54) is 11.3 Å². The van der Waals surface area contributed by atoms with E-state index in [1.807, 2.05) is 30.3 Å². The van der Waals surface area contributed by atoms with Gasteiger partial charge in [0.15, 0.2) is 4.75 Å². The average Bonchev–Trinajstić information content (AvgIpc) is 3.09. The molecule has 1 unspecified atom stereocenters. The molecule has 0 saturated carbocycles. The smallest absolute Gasteiger partial charge is 0.255 e. The minimum atomic E-state index is -3.11. The molecule has 4 rings (SSSR count). The topological polar surface area (TPSA) is 54.9 Å². The van der Waals surface area contributed by atoms with Gasteiger partial charge in [-0.3, -0.25) is 4.57 Å². The minimum absolute atomic E-state index is 0.532. The van der Waals surface area contributed by atoms with Gasteiger partial charge in [0, 0.05) is 16.4 Å². The molecule has 7 heteroatoms. The summed E-state index contributed by atoms with van der Waals surface area (Å²) in [7, 11) is -3.11. The molecule has 2 aromatic heterocycles. The fourth-order valence-corrected chi connectivity index (χ4v) is 6.99. The highest BCUT2D eigenvalue weighted by atomic mass is 35.5. The number of anilines is 1. The van der Waals surface area contributed by atoms with Crippen molar-refractivity contribution in [1.82, 2.24) is 9.97 Å². The lowest BCUT2D eigenvalue weighted by Gasteiger charge is -2.18. The number of rotatable bonds is 4. The fraction of sp³-hybridized carbons (Fsp3) is 0.222. The molecule has 0 saturated heterocycles. The number of nitrogens with one attached hydrogen (secondary N) is 1. The lowest BCUT2D eigenvalue weighted by atomic mass is 10.0. The van der Waals surface area contributed by atoms with Crippen LogP contribution in [0.4, 0.5) is 5.82 Å². The van der Waals surface area contributed by atoms with Gasteiger partial charge in [-0.1, -0.05) is 29.8 Å². The van der Waals surface area contributed by atoms with Crippen LogP contribution >= 0.6 is 30.2 Å². The SMILES string of the molecule is O=P(Nc1ccc(Cl)cn1)(c1ccccc1)c1nc2c(s1)CCCC2. The largest absolute Gasteiger partial charge is 0.312 e. The van der Waals surface area contributed by atoms with Gasteiger partial charge in [-0.25, -0.2) is 9.97 Å². The predicted octanol–water partition coefficient (Wildman–Crippen LogP) is 4.41. The normalized spacial score (nSPS) is 16.0. The van der Waals surface area contributed by atoms with Crippen LogP contribution in [-0.2, 0) is 17.4 Å². The number of aryl methyl sites for hydroxylation is 2. The molecule has 1 N–H and O–H groups in total. The Balaban J connectivity index is 1.80. The van der Waals surface area contributed by atoms with E-state index in [0.29, 0.717) is 15.6 Å². The molecule has 0 fully saturated rings. The van der Waals surface area contributed by atoms with Crippen molar-refractivity contribution < 1.29 is 4.57 Å². The van der Waals surface area contributed by atoms with Gasteiger partial charge in [-0.05, 0) is 49.9 Å². The summed E-state index contributed by atoms with van der Waals surface area (Å²) in [4.78, 5) is 10.3. The predicted molar refractivity (Wildman–Crippen MR) is 105 cm³/mol. The number of fused-ring (bicyclic) bond motifs is 1. The molecule has 0 spiro atoms. The van der Waals surface area contributed by atoms with Gasteiger partial charge in [0.25, 0.3) is 7.29 Å². The number of hydrogen-bond donors (Lipinski definition) is 1. The lowest BCUT2D eigenvalue weighted by Crippen LogP contribution is -2.22. The first-order valence-corrected chi connectivity index (χ1v) is 11.1. The third-order valence-corrected chi connectivity index (χ3v) is 8.66. The summed E-state index contributed by atoms with van der Waals surface area (Å²) >= 11 is 7.48. The first-order valence-electron chi connectivity index (χ1n) is 8.20. The van der Waals surface area contributed by atoms with Crippen molar-refractivity contribution >= 4 is 46.1 Å². The van der Waals surface area contributed by atoms with Crippen molar-refractivity contribution in [2.75, 3.05) is 5.09 Å². The third-order valence-electron chi connectivity index (χ3n) is 4.22. The molecule has 2 heterocycles. The number of halogens is 1. The van der Waals surface area contributed by atoms with E-state index >= 15 is 0 Å². The highest BCUT2D eigenvalue weighted by Gasteiger charge is 2.33. The zero-order valence-electron chi connectivity index (χ0n) is 13.5. The maximum Gasteiger partial charge on any atom is 0.255 e. The quantitative estimate of drug-likeness (QED) is 0.671. The van der Waals surface area contributed by atoms with Gasteiger partial charge < -0.3 is 5.09 Å². The summed E-state index contributed by atoms with van der Waals surface area (Å²) in [6, 6.07) is 12.9. The Labute approximate surface area is 155 Å². The van der Waals surface area contributed by atoms with Gasteiger partial charge >= 0.3 is 0 Å². The van der Waals surface area contributed by atoms with E-state index in [-0.39, 0.29) is 0 Å². The Morgan fingerprint density at radius 2 is 1.88 bits per heavy atom. The highest BCUT2D eigenvalue weighted by molar-refractivity contribution is 7.84. The first kappa shape index (κ1) is 16.8. The standard InChI is InChI=1S/C18H17ClN3OPS/c19-13-10-11-17(20-12-13)22-24(23,14-6-2-1-3-7-14)18-21-15-8-4-5-9-16(15)25-18/h1-3,6-7,10-12H,4-5,8-9H2,(H,20,22,23). The first-order chi connectivity index (χ1) is 12.1. The maximum atomic E-state index is 14.1. The molecule has 1 atom stereocenters. The van der Waals surface area contributed by atoms with E-state index < -0.39 is 7.29 Å². The summed E-state index contributed by atoms with van der Waals surface area (Å²) in [5.41, 5.74) is 1.10. The van der Waals surface area contributed by atoms with Gasteiger partial charge in [-0.15, -0.1) is 11.3 Å². The molecular formula is C18H17ClN3OPS. The molecule has 1 aromatic carbocycles. The van der Waals surface area contributed by atoms with E-state index in [4.69, 9.17) is 16.6 Å². The number of nitrogens with zero attached hydrogens (tertiary/aromatic N) is 2. The minimum Gasteiger partial charge on any atom is -0.312 e. The summed E-state index contributed by atoms with van der Waals surface area (Å²) < 4.78 is 14.7. The van der Waals surface area contributed by atoms with E-state index in [9.17, 15) is 4.57 Å². The van der Waals surface area contributed by atoms with Crippen molar-refractivity contribution in [1.29, 1.82) is 0 Å². The molecule has 0 bridgehead atoms. The van der Waals surface area contributed by atoms with Crippen LogP contribution in [0.25, 0.3) is 0 Å². The van der Waals surface area contributed by atoms with Crippen molar-refractivity contribution in [3.8, 4) is 0 Å². The molecule has 0 radical (unpaired) electrons. The van der Waals surface area contributed by atoms with Crippen LogP contribution in [0.1, 0.15) is 23.4 Å². The molecule has 4 nitrogen and oxygen atoms in total. The van der Waals surface area contributed by atoms with Crippen LogP contribution < -0.4 is 15.1 Å². The number of thiazole rings is 1. The van der Waals surface area contributed by atoms with Crippen LogP contribution in [0.2, 0.25) is 5.02 Å². The summed E-state index contributed by atoms with van der Waals surface area (Å²) in [5, 5.41) is 4.44. The Morgan fingerprint density at radius 1 is 1.08 bits per heavy atom. The zero-order chi connectivity index (χ0) is 17.3. The second-order valence-electron chi connectivity index (χ2n) is 5.99. The Hall–Kier alpha value is -1.68. The summed E-state index contributed by atoms with van der Waals surface area (Å²) in [6.07, 6.45) is 5.88. The van der Waals surface area contributed by atoms with Crippen molar-refractivity contribution in [2.45, 2.75) is 25.7 Å². The molecule has 1 aliphatic carbocycles. The van der Waals surface area contributed by atoms with Gasteiger partial charge in [0.2, 0.25) is 0 Å². The van der Waals surface area contributed by atoms with Crippen LogP contribution in [0.5, 0.6) is 0 Å². The van der Waals surface area contributed by atoms with Crippen molar-refractivity contribution in [2.24, 2.45) is 0 Å². The molecule has 3 aromatic rings. The number of hydrogen-bond acceptors (Lipinski definition) is 4. The Bertz CT molecular complexity index is 904. The number of benzene rings is 1. The molecule has 1 aliphatic rings. The van der Waals surface area contributed by atoms with E-state index in [2.05, 4.69) is 10.1 Å². The van der Waals surface area contributed by atoms with E-state index in [0.717, 1.165) is 30.3 Å². The summed E-state index contributed by atoms with van der Waals surface area (Å²) in [5.74, 6) is 0.532. The highest BCUT2D eigenvalue weighted by Crippen LogP contribution is 2.45. The molecular weight excluding hydrogens is 373 g/mol. The molecule has 0 amide bonds. The summed E-state index contributed by atoms with van der Waals surface area (Å²) in [6.45, 7) is 0. The number of aromatic nitrogens is 2. The van der Waals surface area contributed by atoms with Gasteiger partial charge in [0.05, 0.1) is 10.7 Å². The zero-order valence-corrected chi connectivity index (χ0v) is 16.0. The Kier molecular flexibility index (Phi) is 4.63. The van der Waals surface area contributed by atoms with Crippen molar-refractivity contribution in [3.05, 3.63) is 64.3 Å². The van der Waals surface area contributed by atoms with Gasteiger partial charge in [-0.2, -0.15) is 0 Å². The van der Waals surface area contributed by atoms with Crippen LogP contribution in [0, 0.1) is 0 Å². The molecule has 25 heavy (non-hydrogen) atoms. The van der Waals surface area contributed by atoms with Crippen LogP contribution in [-0.4, -0.2) is 9.97 Å². The second-order valence-corrected chi connectivity index (χ2v) is 10.2. The van der Waals surface area contributed by atoms with Crippen LogP contribution in [0.3, 0.4) is 0 Å². The van der Waals surface area contributed by atoms with E-state index in [1.54, 1.807) is 29.7 Å². The van der Waals surface area contributed by atoms with Crippen LogP contribution in [0.15, 0.2) is 48.7 Å². The lowest BCUT2D eigenvalue weighted by molar-refractivity contribution is 0.589. The average molecular weight is 390 g/mol. The molecule has 128 valence electrons. The Morgan fingerprint density at radius 3 is 2.60 bits per heavy atom. The number of pyridine rings is 1.